The van der Waals surface area contributed by atoms with Crippen LogP contribution in [0.25, 0.3) is 16.9 Å². The number of aryl methyl sites for hydroxylation is 1. The first-order chi connectivity index (χ1) is 15.8. The summed E-state index contributed by atoms with van der Waals surface area (Å²) in [5, 5.41) is 0.0513. The van der Waals surface area contributed by atoms with Gasteiger partial charge in [0.1, 0.15) is 5.82 Å². The number of ketones is 1. The van der Waals surface area contributed by atoms with Crippen LogP contribution in [0, 0.1) is 18.2 Å². The second kappa shape index (κ2) is 8.35. The third-order valence-electron chi connectivity index (χ3n) is 6.34. The molecule has 0 bridgehead atoms. The molecule has 1 aliphatic carbocycles. The first-order valence-electron chi connectivity index (χ1n) is 11.2. The van der Waals surface area contributed by atoms with Crippen LogP contribution in [-0.4, -0.2) is 10.4 Å². The van der Waals surface area contributed by atoms with Gasteiger partial charge in [-0.05, 0) is 60.4 Å². The molecule has 166 valence electrons. The minimum Gasteiger partial charge on any atom is -0.312 e. The van der Waals surface area contributed by atoms with Gasteiger partial charge in [-0.2, -0.15) is 0 Å². The van der Waals surface area contributed by atoms with E-state index in [1.165, 1.54) is 22.6 Å². The van der Waals surface area contributed by atoms with E-state index in [0.717, 1.165) is 28.2 Å². The van der Waals surface area contributed by atoms with Crippen molar-refractivity contribution in [3.8, 4) is 16.9 Å². The van der Waals surface area contributed by atoms with Crippen molar-refractivity contribution >= 4 is 17.5 Å². The van der Waals surface area contributed by atoms with Crippen molar-refractivity contribution in [1.82, 2.24) is 4.57 Å². The number of halogens is 1. The lowest BCUT2D eigenvalue weighted by atomic mass is 9.75. The highest BCUT2D eigenvalue weighted by atomic mass is 32.2. The molecule has 33 heavy (non-hydrogen) atoms. The summed E-state index contributed by atoms with van der Waals surface area (Å²) < 4.78 is 16.0. The van der Waals surface area contributed by atoms with Gasteiger partial charge in [-0.1, -0.05) is 61.9 Å². The van der Waals surface area contributed by atoms with E-state index in [1.807, 2.05) is 24.3 Å². The molecule has 1 aliphatic rings. The van der Waals surface area contributed by atoms with Crippen LogP contribution < -0.4 is 0 Å². The summed E-state index contributed by atoms with van der Waals surface area (Å²) in [6, 6.07) is 27.2. The Morgan fingerprint density at radius 3 is 2.27 bits per heavy atom. The number of thioether (sulfide) groups is 1. The molecule has 4 aromatic rings. The van der Waals surface area contributed by atoms with Gasteiger partial charge in [0, 0.05) is 28.3 Å². The van der Waals surface area contributed by atoms with E-state index in [-0.39, 0.29) is 22.3 Å². The normalized spacial score (nSPS) is 17.1. The van der Waals surface area contributed by atoms with E-state index >= 15 is 0 Å². The number of Topliss-reactive ketones (excluding diaryl/α,β-unsaturated/α-hetero) is 1. The van der Waals surface area contributed by atoms with E-state index in [1.54, 1.807) is 23.9 Å². The molecule has 0 saturated heterocycles. The van der Waals surface area contributed by atoms with E-state index in [0.29, 0.717) is 6.42 Å². The van der Waals surface area contributed by atoms with Gasteiger partial charge in [0.05, 0.1) is 10.9 Å². The van der Waals surface area contributed by atoms with E-state index in [4.69, 9.17) is 0 Å². The second-order valence-electron chi connectivity index (χ2n) is 9.41. The SMILES string of the molecule is Cc1ccc(SC2c3c(cc(-c4ccccc4)n3-c3ccc(F)cc3)C(=O)CC2(C)C)cc1. The van der Waals surface area contributed by atoms with E-state index in [9.17, 15) is 9.18 Å². The number of carbonyl (C=O) groups excluding carboxylic acids is 1. The molecule has 0 amide bonds. The van der Waals surface area contributed by atoms with Gasteiger partial charge in [0.2, 0.25) is 0 Å². The van der Waals surface area contributed by atoms with Gasteiger partial charge in [-0.3, -0.25) is 4.79 Å². The predicted molar refractivity (Wildman–Crippen MR) is 134 cm³/mol. The summed E-state index contributed by atoms with van der Waals surface area (Å²) in [5.74, 6) is -0.114. The molecule has 0 N–H and O–H groups in total. The highest BCUT2D eigenvalue weighted by Crippen LogP contribution is 2.55. The number of rotatable bonds is 4. The fourth-order valence-electron chi connectivity index (χ4n) is 4.64. The molecule has 1 aromatic heterocycles. The summed E-state index contributed by atoms with van der Waals surface area (Å²) >= 11 is 1.80. The van der Waals surface area contributed by atoms with Crippen LogP contribution in [0.1, 0.15) is 47.1 Å². The molecule has 0 fully saturated rings. The molecule has 4 heteroatoms. The monoisotopic (exact) mass is 455 g/mol. The molecule has 0 saturated carbocycles. The summed E-state index contributed by atoms with van der Waals surface area (Å²) in [7, 11) is 0. The Kier molecular flexibility index (Phi) is 5.49. The predicted octanol–water partition coefficient (Wildman–Crippen LogP) is 8.04. The number of nitrogens with zero attached hydrogens (tertiary/aromatic N) is 1. The fourth-order valence-corrected chi connectivity index (χ4v) is 5.95. The number of hydrogen-bond acceptors (Lipinski definition) is 2. The summed E-state index contributed by atoms with van der Waals surface area (Å²) in [6.45, 7) is 6.43. The summed E-state index contributed by atoms with van der Waals surface area (Å²) in [4.78, 5) is 14.5. The topological polar surface area (TPSA) is 22.0 Å². The van der Waals surface area contributed by atoms with Crippen LogP contribution in [0.4, 0.5) is 4.39 Å². The fraction of sp³-hybridized carbons (Fsp3) is 0.207. The first kappa shape index (κ1) is 21.7. The van der Waals surface area contributed by atoms with Crippen molar-refractivity contribution in [2.24, 2.45) is 5.41 Å². The Morgan fingerprint density at radius 1 is 0.939 bits per heavy atom. The van der Waals surface area contributed by atoms with Crippen LogP contribution in [0.2, 0.25) is 0 Å². The maximum absolute atomic E-state index is 13.8. The zero-order valence-electron chi connectivity index (χ0n) is 19.0. The Morgan fingerprint density at radius 2 is 1.61 bits per heavy atom. The Labute approximate surface area is 198 Å². The molecular weight excluding hydrogens is 429 g/mol. The molecule has 0 aliphatic heterocycles. The zero-order chi connectivity index (χ0) is 23.2. The number of benzene rings is 3. The second-order valence-corrected chi connectivity index (χ2v) is 10.6. The van der Waals surface area contributed by atoms with Gasteiger partial charge >= 0.3 is 0 Å². The first-order valence-corrected chi connectivity index (χ1v) is 12.0. The molecule has 1 unspecified atom stereocenters. The number of aromatic nitrogens is 1. The average Bonchev–Trinajstić information content (AvgIpc) is 3.19. The quantitative estimate of drug-likeness (QED) is 0.311. The molecule has 3 aromatic carbocycles. The van der Waals surface area contributed by atoms with Crippen molar-refractivity contribution in [2.45, 2.75) is 37.3 Å². The Hall–Kier alpha value is -3.11. The van der Waals surface area contributed by atoms with Crippen LogP contribution in [0.3, 0.4) is 0 Å². The average molecular weight is 456 g/mol. The van der Waals surface area contributed by atoms with Crippen LogP contribution in [-0.2, 0) is 0 Å². The van der Waals surface area contributed by atoms with Crippen LogP contribution in [0.15, 0.2) is 89.8 Å². The molecule has 5 rings (SSSR count). The number of hydrogen-bond donors (Lipinski definition) is 0. The van der Waals surface area contributed by atoms with Crippen molar-refractivity contribution in [1.29, 1.82) is 0 Å². The largest absolute Gasteiger partial charge is 0.312 e. The highest BCUT2D eigenvalue weighted by molar-refractivity contribution is 7.99. The number of carbonyl (C=O) groups is 1. The van der Waals surface area contributed by atoms with Crippen molar-refractivity contribution in [3.63, 3.8) is 0 Å². The summed E-state index contributed by atoms with van der Waals surface area (Å²) in [5.41, 5.74) is 5.57. The van der Waals surface area contributed by atoms with Crippen molar-refractivity contribution in [2.75, 3.05) is 0 Å². The third-order valence-corrected chi connectivity index (χ3v) is 7.98. The maximum atomic E-state index is 13.8. The lowest BCUT2D eigenvalue weighted by Gasteiger charge is -2.38. The minimum absolute atomic E-state index is 0.0513. The highest BCUT2D eigenvalue weighted by Gasteiger charge is 2.43. The van der Waals surface area contributed by atoms with E-state index < -0.39 is 0 Å². The maximum Gasteiger partial charge on any atom is 0.165 e. The zero-order valence-corrected chi connectivity index (χ0v) is 19.8. The summed E-state index contributed by atoms with van der Waals surface area (Å²) in [6.07, 6.45) is 0.491. The molecule has 0 spiro atoms. The molecular formula is C29H26FNOS. The van der Waals surface area contributed by atoms with Gasteiger partial charge in [-0.25, -0.2) is 4.39 Å². The standard InChI is InChI=1S/C29H26FNOS/c1-19-9-15-23(16-10-19)33-28-27-24(26(32)18-29(28,2)3)17-25(20-7-5-4-6-8-20)31(27)22-13-11-21(30)12-14-22/h4-17,28H,18H2,1-3H3. The Balaban J connectivity index is 1.76. The smallest absolute Gasteiger partial charge is 0.165 e. The van der Waals surface area contributed by atoms with Gasteiger partial charge < -0.3 is 4.57 Å². The van der Waals surface area contributed by atoms with Gasteiger partial charge in [0.25, 0.3) is 0 Å². The van der Waals surface area contributed by atoms with E-state index in [2.05, 4.69) is 61.7 Å². The molecule has 1 heterocycles. The van der Waals surface area contributed by atoms with Crippen LogP contribution >= 0.6 is 11.8 Å². The number of fused-ring (bicyclic) bond motifs is 1. The lowest BCUT2D eigenvalue weighted by Crippen LogP contribution is -2.31. The van der Waals surface area contributed by atoms with Crippen molar-refractivity contribution in [3.05, 3.63) is 108 Å². The molecule has 0 radical (unpaired) electrons. The molecule has 2 nitrogen and oxygen atoms in total. The lowest BCUT2D eigenvalue weighted by molar-refractivity contribution is 0.0908. The Bertz CT molecular complexity index is 1300. The van der Waals surface area contributed by atoms with Crippen LogP contribution in [0.5, 0.6) is 0 Å². The third kappa shape index (κ3) is 4.04. The van der Waals surface area contributed by atoms with Gasteiger partial charge in [0.15, 0.2) is 5.78 Å². The van der Waals surface area contributed by atoms with Crippen molar-refractivity contribution < 1.29 is 9.18 Å². The minimum atomic E-state index is -0.275. The van der Waals surface area contributed by atoms with Gasteiger partial charge in [-0.15, -0.1) is 11.8 Å². The molecule has 1 atom stereocenters.